The summed E-state index contributed by atoms with van der Waals surface area (Å²) in [7, 11) is 0. The maximum atomic E-state index is 5.42. The van der Waals surface area contributed by atoms with Crippen molar-refractivity contribution in [3.05, 3.63) is 54.7 Å². The zero-order valence-corrected chi connectivity index (χ0v) is 10.6. The van der Waals surface area contributed by atoms with E-state index in [1.165, 1.54) is 0 Å². The normalized spacial score (nSPS) is 10.6. The molecule has 3 aromatic rings. The summed E-state index contributed by atoms with van der Waals surface area (Å²) in [6.07, 6.45) is 2.98. The average molecular weight is 249 g/mol. The van der Waals surface area contributed by atoms with E-state index in [4.69, 9.17) is 4.74 Å². The molecule has 2 aromatic carbocycles. The highest BCUT2D eigenvalue weighted by atomic mass is 16.5. The molecule has 93 valence electrons. The molecular weight excluding hydrogens is 236 g/mol. The smallest absolute Gasteiger partial charge is 0.119 e. The van der Waals surface area contributed by atoms with Crippen LogP contribution >= 0.6 is 0 Å². The van der Waals surface area contributed by atoms with Gasteiger partial charge in [0.15, 0.2) is 0 Å². The van der Waals surface area contributed by atoms with Crippen LogP contribution in [0.15, 0.2) is 48.5 Å². The SMILES string of the molecule is CCOc1ccc(-c2[c]nc3ccccc3n2)cc1. The lowest BCUT2D eigenvalue weighted by Crippen LogP contribution is -1.92. The molecule has 19 heavy (non-hydrogen) atoms. The Morgan fingerprint density at radius 3 is 2.47 bits per heavy atom. The zero-order valence-electron chi connectivity index (χ0n) is 10.6. The van der Waals surface area contributed by atoms with E-state index in [9.17, 15) is 0 Å². The molecule has 3 heteroatoms. The number of fused-ring (bicyclic) bond motifs is 1. The Kier molecular flexibility index (Phi) is 3.11. The van der Waals surface area contributed by atoms with Crippen molar-refractivity contribution in [2.45, 2.75) is 6.92 Å². The Morgan fingerprint density at radius 2 is 1.74 bits per heavy atom. The van der Waals surface area contributed by atoms with Crippen LogP contribution in [0.2, 0.25) is 0 Å². The lowest BCUT2D eigenvalue weighted by Gasteiger charge is -2.05. The van der Waals surface area contributed by atoms with E-state index in [2.05, 4.69) is 16.2 Å². The first-order chi connectivity index (χ1) is 9.36. The van der Waals surface area contributed by atoms with E-state index >= 15 is 0 Å². The number of rotatable bonds is 3. The summed E-state index contributed by atoms with van der Waals surface area (Å²) in [6, 6.07) is 15.6. The van der Waals surface area contributed by atoms with Crippen molar-refractivity contribution in [1.29, 1.82) is 0 Å². The molecule has 1 radical (unpaired) electrons. The number of ether oxygens (including phenoxy) is 1. The van der Waals surface area contributed by atoms with Crippen LogP contribution in [-0.4, -0.2) is 16.6 Å². The maximum absolute atomic E-state index is 5.42. The van der Waals surface area contributed by atoms with E-state index in [1.807, 2.05) is 55.5 Å². The van der Waals surface area contributed by atoms with Gasteiger partial charge in [0, 0.05) is 5.56 Å². The standard InChI is InChI=1S/C16H13N2O/c1-2-19-13-9-7-12(8-10-13)16-11-17-14-5-3-4-6-15(14)18-16/h3-10H,2H2,1H3. The Labute approximate surface area is 111 Å². The molecular formula is C16H13N2O. The first-order valence-electron chi connectivity index (χ1n) is 6.24. The molecule has 0 spiro atoms. The molecule has 0 bridgehead atoms. The first kappa shape index (κ1) is 11.7. The fraction of sp³-hybridized carbons (Fsp3) is 0.125. The molecule has 1 heterocycles. The van der Waals surface area contributed by atoms with Crippen LogP contribution in [0.5, 0.6) is 5.75 Å². The van der Waals surface area contributed by atoms with Gasteiger partial charge in [-0.2, -0.15) is 0 Å². The average Bonchev–Trinajstić information content (AvgIpc) is 2.48. The third-order valence-electron chi connectivity index (χ3n) is 2.83. The molecule has 0 amide bonds. The van der Waals surface area contributed by atoms with Gasteiger partial charge >= 0.3 is 0 Å². The van der Waals surface area contributed by atoms with Gasteiger partial charge in [0.25, 0.3) is 0 Å². The van der Waals surface area contributed by atoms with E-state index in [-0.39, 0.29) is 0 Å². The van der Waals surface area contributed by atoms with Crippen LogP contribution < -0.4 is 4.74 Å². The fourth-order valence-electron chi connectivity index (χ4n) is 1.92. The van der Waals surface area contributed by atoms with Crippen molar-refractivity contribution >= 4 is 11.0 Å². The highest BCUT2D eigenvalue weighted by molar-refractivity contribution is 5.76. The number of aromatic nitrogens is 2. The highest BCUT2D eigenvalue weighted by Crippen LogP contribution is 2.21. The molecule has 0 fully saturated rings. The molecule has 0 aliphatic rings. The maximum Gasteiger partial charge on any atom is 0.119 e. The highest BCUT2D eigenvalue weighted by Gasteiger charge is 2.03. The third-order valence-corrected chi connectivity index (χ3v) is 2.83. The van der Waals surface area contributed by atoms with Gasteiger partial charge in [-0.3, -0.25) is 0 Å². The van der Waals surface area contributed by atoms with Crippen LogP contribution in [-0.2, 0) is 0 Å². The lowest BCUT2D eigenvalue weighted by molar-refractivity contribution is 0.340. The van der Waals surface area contributed by atoms with Gasteiger partial charge in [0.1, 0.15) is 11.9 Å². The zero-order chi connectivity index (χ0) is 13.1. The van der Waals surface area contributed by atoms with Crippen molar-refractivity contribution in [2.24, 2.45) is 0 Å². The predicted octanol–water partition coefficient (Wildman–Crippen LogP) is 3.50. The second kappa shape index (κ2) is 5.06. The Hall–Kier alpha value is -2.42. The van der Waals surface area contributed by atoms with Gasteiger partial charge in [-0.05, 0) is 43.3 Å². The summed E-state index contributed by atoms with van der Waals surface area (Å²) in [5.74, 6) is 0.861. The molecule has 0 saturated heterocycles. The number of nitrogens with zero attached hydrogens (tertiary/aromatic N) is 2. The van der Waals surface area contributed by atoms with E-state index in [0.29, 0.717) is 6.61 Å². The molecule has 0 aliphatic carbocycles. The summed E-state index contributed by atoms with van der Waals surface area (Å²) in [6.45, 7) is 2.64. The Bertz CT molecular complexity index is 692. The van der Waals surface area contributed by atoms with Crippen LogP contribution in [0.3, 0.4) is 0 Å². The van der Waals surface area contributed by atoms with E-state index < -0.39 is 0 Å². The van der Waals surface area contributed by atoms with Crippen molar-refractivity contribution in [2.75, 3.05) is 6.61 Å². The van der Waals surface area contributed by atoms with Gasteiger partial charge in [-0.25, -0.2) is 9.97 Å². The van der Waals surface area contributed by atoms with Crippen LogP contribution in [0.1, 0.15) is 6.92 Å². The fourth-order valence-corrected chi connectivity index (χ4v) is 1.92. The van der Waals surface area contributed by atoms with Crippen molar-refractivity contribution in [1.82, 2.24) is 9.97 Å². The number of hydrogen-bond donors (Lipinski definition) is 0. The van der Waals surface area contributed by atoms with Crippen molar-refractivity contribution in [3.63, 3.8) is 0 Å². The summed E-state index contributed by atoms with van der Waals surface area (Å²) in [5.41, 5.74) is 3.48. The molecule has 0 N–H and O–H groups in total. The van der Waals surface area contributed by atoms with Crippen molar-refractivity contribution < 1.29 is 4.74 Å². The first-order valence-corrected chi connectivity index (χ1v) is 6.24. The molecule has 0 atom stereocenters. The van der Waals surface area contributed by atoms with Crippen LogP contribution in [0, 0.1) is 6.20 Å². The summed E-state index contributed by atoms with van der Waals surface area (Å²) in [4.78, 5) is 8.86. The largest absolute Gasteiger partial charge is 0.494 e. The van der Waals surface area contributed by atoms with Gasteiger partial charge in [0.2, 0.25) is 0 Å². The van der Waals surface area contributed by atoms with Crippen LogP contribution in [0.25, 0.3) is 22.3 Å². The Balaban J connectivity index is 1.99. The van der Waals surface area contributed by atoms with Crippen molar-refractivity contribution in [3.8, 4) is 17.0 Å². The quantitative estimate of drug-likeness (QED) is 0.712. The molecule has 0 aliphatic heterocycles. The summed E-state index contributed by atoms with van der Waals surface area (Å²) in [5, 5.41) is 0. The second-order valence-corrected chi connectivity index (χ2v) is 4.13. The van der Waals surface area contributed by atoms with Crippen LogP contribution in [0.4, 0.5) is 0 Å². The molecule has 3 nitrogen and oxygen atoms in total. The van der Waals surface area contributed by atoms with Gasteiger partial charge in [-0.1, -0.05) is 12.1 Å². The van der Waals surface area contributed by atoms with Gasteiger partial charge < -0.3 is 4.74 Å². The minimum atomic E-state index is 0.668. The number of hydrogen-bond acceptors (Lipinski definition) is 3. The summed E-state index contributed by atoms with van der Waals surface area (Å²) >= 11 is 0. The predicted molar refractivity (Wildman–Crippen MR) is 75.0 cm³/mol. The monoisotopic (exact) mass is 249 g/mol. The molecule has 1 aromatic heterocycles. The minimum absolute atomic E-state index is 0.668. The van der Waals surface area contributed by atoms with E-state index in [1.54, 1.807) is 0 Å². The number of benzene rings is 2. The lowest BCUT2D eigenvalue weighted by atomic mass is 10.1. The second-order valence-electron chi connectivity index (χ2n) is 4.13. The third kappa shape index (κ3) is 2.40. The molecule has 3 rings (SSSR count). The minimum Gasteiger partial charge on any atom is -0.494 e. The molecule has 0 unspecified atom stereocenters. The van der Waals surface area contributed by atoms with Gasteiger partial charge in [0.05, 0.1) is 23.3 Å². The van der Waals surface area contributed by atoms with E-state index in [0.717, 1.165) is 28.0 Å². The topological polar surface area (TPSA) is 35.0 Å². The summed E-state index contributed by atoms with van der Waals surface area (Å²) < 4.78 is 5.42. The molecule has 0 saturated carbocycles. The Morgan fingerprint density at radius 1 is 1.00 bits per heavy atom. The number of para-hydroxylation sites is 2. The van der Waals surface area contributed by atoms with Gasteiger partial charge in [-0.15, -0.1) is 0 Å².